The molecule has 2 aromatic heterocycles. The van der Waals surface area contributed by atoms with Crippen molar-refractivity contribution in [2.75, 3.05) is 26.1 Å². The van der Waals surface area contributed by atoms with E-state index in [4.69, 9.17) is 14.0 Å². The Hall–Kier alpha value is -3.76. The van der Waals surface area contributed by atoms with Crippen molar-refractivity contribution >= 4 is 9.84 Å². The van der Waals surface area contributed by atoms with Crippen molar-refractivity contribution in [1.82, 2.24) is 14.7 Å². The van der Waals surface area contributed by atoms with Crippen LogP contribution in [-0.2, 0) is 21.1 Å². The van der Waals surface area contributed by atoms with E-state index in [9.17, 15) is 13.2 Å². The van der Waals surface area contributed by atoms with Crippen LogP contribution in [0, 0.1) is 0 Å². The van der Waals surface area contributed by atoms with Gasteiger partial charge in [0.2, 0.25) is 5.82 Å². The zero-order chi connectivity index (χ0) is 29.5. The first-order valence-electron chi connectivity index (χ1n) is 14.4. The lowest BCUT2D eigenvalue weighted by Crippen LogP contribution is -2.22. The van der Waals surface area contributed by atoms with Crippen molar-refractivity contribution in [3.05, 3.63) is 88.3 Å². The van der Waals surface area contributed by atoms with Crippen molar-refractivity contribution in [3.8, 4) is 28.6 Å². The molecule has 1 aliphatic rings. The summed E-state index contributed by atoms with van der Waals surface area (Å²) in [5.41, 5.74) is 3.51. The molecule has 0 radical (unpaired) electrons. The van der Waals surface area contributed by atoms with Gasteiger partial charge in [0.1, 0.15) is 15.6 Å². The zero-order valence-electron chi connectivity index (χ0n) is 24.1. The van der Waals surface area contributed by atoms with Crippen LogP contribution in [0.25, 0.3) is 22.8 Å². The highest BCUT2D eigenvalue weighted by Crippen LogP contribution is 2.29. The van der Waals surface area contributed by atoms with Crippen molar-refractivity contribution in [1.29, 1.82) is 0 Å². The van der Waals surface area contributed by atoms with Crippen LogP contribution in [0.5, 0.6) is 5.75 Å². The average Bonchev–Trinajstić information content (AvgIpc) is 3.49. The lowest BCUT2D eigenvalue weighted by atomic mass is 9.91. The van der Waals surface area contributed by atoms with Gasteiger partial charge >= 0.3 is 0 Å². The van der Waals surface area contributed by atoms with E-state index in [2.05, 4.69) is 22.3 Å². The SMILES string of the molecule is CCCC(CCOc1cccc(Cn2cc(-c3noc(-c4ccc(C5CCOCC5)cc4)n3)ccc2=O)c1)S(C)(=O)=O. The Bertz CT molecular complexity index is 1640. The standard InChI is InChI=1S/C32H37N3O6S/c1-3-5-29(42(2,37)38)16-19-40-28-7-4-6-23(20-28)21-35-22-27(12-13-30(35)36)31-33-32(41-34-31)26-10-8-24(9-11-26)25-14-17-39-18-15-25/h4,6-13,20,22,25,29H,3,5,14-19,21H2,1-2H3. The van der Waals surface area contributed by atoms with E-state index in [0.29, 0.717) is 54.9 Å². The number of nitrogens with zero attached hydrogens (tertiary/aromatic N) is 3. The first-order chi connectivity index (χ1) is 20.3. The van der Waals surface area contributed by atoms with E-state index in [0.717, 1.165) is 43.6 Å². The molecule has 0 bridgehead atoms. The molecule has 0 spiro atoms. The van der Waals surface area contributed by atoms with Crippen LogP contribution in [-0.4, -0.2) is 54.5 Å². The van der Waals surface area contributed by atoms with Gasteiger partial charge in [0.05, 0.1) is 18.4 Å². The molecule has 9 nitrogen and oxygen atoms in total. The van der Waals surface area contributed by atoms with Crippen molar-refractivity contribution in [2.24, 2.45) is 0 Å². The van der Waals surface area contributed by atoms with Gasteiger partial charge in [-0.1, -0.05) is 42.8 Å². The number of pyridine rings is 1. The van der Waals surface area contributed by atoms with Gasteiger partial charge in [-0.3, -0.25) is 4.79 Å². The van der Waals surface area contributed by atoms with Crippen LogP contribution in [0.15, 0.2) is 76.2 Å². The van der Waals surface area contributed by atoms with Crippen molar-refractivity contribution in [2.45, 2.75) is 56.7 Å². The fourth-order valence-corrected chi connectivity index (χ4v) is 6.50. The van der Waals surface area contributed by atoms with Crippen LogP contribution in [0.1, 0.15) is 56.1 Å². The van der Waals surface area contributed by atoms with Gasteiger partial charge in [0, 0.05) is 42.9 Å². The van der Waals surface area contributed by atoms with Gasteiger partial charge in [-0.05, 0) is 73.1 Å². The third-order valence-corrected chi connectivity index (χ3v) is 9.38. The zero-order valence-corrected chi connectivity index (χ0v) is 24.9. The summed E-state index contributed by atoms with van der Waals surface area (Å²) >= 11 is 0. The van der Waals surface area contributed by atoms with Gasteiger partial charge in [0.15, 0.2) is 0 Å². The monoisotopic (exact) mass is 591 g/mol. The predicted octanol–water partition coefficient (Wildman–Crippen LogP) is 5.49. The highest BCUT2D eigenvalue weighted by molar-refractivity contribution is 7.91. The van der Waals surface area contributed by atoms with Crippen LogP contribution in [0.4, 0.5) is 0 Å². The van der Waals surface area contributed by atoms with Crippen molar-refractivity contribution in [3.63, 3.8) is 0 Å². The van der Waals surface area contributed by atoms with Crippen LogP contribution < -0.4 is 10.3 Å². The number of rotatable bonds is 12. The van der Waals surface area contributed by atoms with Crippen LogP contribution >= 0.6 is 0 Å². The Morgan fingerprint density at radius 1 is 1.02 bits per heavy atom. The second-order valence-electron chi connectivity index (χ2n) is 10.8. The molecule has 1 saturated heterocycles. The molecule has 1 unspecified atom stereocenters. The third-order valence-electron chi connectivity index (χ3n) is 7.69. The fraction of sp³-hybridized carbons (Fsp3) is 0.406. The summed E-state index contributed by atoms with van der Waals surface area (Å²) in [6, 6.07) is 18.9. The number of ether oxygens (including phenoxy) is 2. The highest BCUT2D eigenvalue weighted by atomic mass is 32.2. The average molecular weight is 592 g/mol. The van der Waals surface area contributed by atoms with E-state index >= 15 is 0 Å². The summed E-state index contributed by atoms with van der Waals surface area (Å²) in [6.45, 7) is 4.20. The summed E-state index contributed by atoms with van der Waals surface area (Å²) in [6.07, 6.45) is 6.91. The van der Waals surface area contributed by atoms with Gasteiger partial charge in [-0.15, -0.1) is 0 Å². The molecule has 1 atom stereocenters. The second kappa shape index (κ2) is 13.5. The third kappa shape index (κ3) is 7.54. The van der Waals surface area contributed by atoms with E-state index in [1.165, 1.54) is 17.9 Å². The summed E-state index contributed by atoms with van der Waals surface area (Å²) in [5, 5.41) is 3.76. The number of benzene rings is 2. The minimum absolute atomic E-state index is 0.159. The van der Waals surface area contributed by atoms with Crippen LogP contribution in [0.2, 0.25) is 0 Å². The van der Waals surface area contributed by atoms with Crippen molar-refractivity contribution < 1.29 is 22.4 Å². The molecule has 10 heteroatoms. The molecule has 0 saturated carbocycles. The quantitative estimate of drug-likeness (QED) is 0.213. The molecule has 0 N–H and O–H groups in total. The Balaban J connectivity index is 1.25. The van der Waals surface area contributed by atoms with Crippen LogP contribution in [0.3, 0.4) is 0 Å². The molecule has 1 fully saturated rings. The fourth-order valence-electron chi connectivity index (χ4n) is 5.31. The molecule has 5 rings (SSSR count). The molecule has 0 amide bonds. The molecule has 2 aromatic carbocycles. The normalized spacial score (nSPS) is 15.0. The van der Waals surface area contributed by atoms with E-state index < -0.39 is 15.1 Å². The summed E-state index contributed by atoms with van der Waals surface area (Å²) in [5.74, 6) is 1.96. The van der Waals surface area contributed by atoms with Gasteiger partial charge in [-0.25, -0.2) is 8.42 Å². The Kier molecular flexibility index (Phi) is 9.54. The minimum Gasteiger partial charge on any atom is -0.494 e. The number of hydrogen-bond acceptors (Lipinski definition) is 8. The smallest absolute Gasteiger partial charge is 0.258 e. The molecular formula is C32H37N3O6S. The highest BCUT2D eigenvalue weighted by Gasteiger charge is 2.20. The summed E-state index contributed by atoms with van der Waals surface area (Å²) in [7, 11) is -3.12. The maximum Gasteiger partial charge on any atom is 0.258 e. The molecule has 0 aliphatic carbocycles. The number of sulfone groups is 1. The summed E-state index contributed by atoms with van der Waals surface area (Å²) < 4.78 is 42.5. The van der Waals surface area contributed by atoms with E-state index in [1.54, 1.807) is 16.8 Å². The van der Waals surface area contributed by atoms with Gasteiger partial charge in [0.25, 0.3) is 11.4 Å². The molecule has 4 aromatic rings. The first kappa shape index (κ1) is 29.7. The Labute approximate surface area is 246 Å². The van der Waals surface area contributed by atoms with E-state index in [-0.39, 0.29) is 5.56 Å². The molecule has 222 valence electrons. The lowest BCUT2D eigenvalue weighted by Gasteiger charge is -2.22. The second-order valence-corrected chi connectivity index (χ2v) is 13.2. The molecular weight excluding hydrogens is 554 g/mol. The van der Waals surface area contributed by atoms with Gasteiger partial charge in [-0.2, -0.15) is 4.98 Å². The lowest BCUT2D eigenvalue weighted by molar-refractivity contribution is 0.0853. The van der Waals surface area contributed by atoms with E-state index in [1.807, 2.05) is 43.3 Å². The molecule has 42 heavy (non-hydrogen) atoms. The molecule has 3 heterocycles. The number of hydrogen-bond donors (Lipinski definition) is 0. The topological polar surface area (TPSA) is 114 Å². The van der Waals surface area contributed by atoms with Gasteiger partial charge < -0.3 is 18.6 Å². The number of aromatic nitrogens is 3. The maximum atomic E-state index is 12.7. The Morgan fingerprint density at radius 2 is 1.79 bits per heavy atom. The summed E-state index contributed by atoms with van der Waals surface area (Å²) in [4.78, 5) is 17.3. The largest absolute Gasteiger partial charge is 0.494 e. The maximum absolute atomic E-state index is 12.7. The predicted molar refractivity (Wildman–Crippen MR) is 161 cm³/mol. The molecule has 1 aliphatic heterocycles. The minimum atomic E-state index is -3.12. The first-order valence-corrected chi connectivity index (χ1v) is 16.4. The Morgan fingerprint density at radius 3 is 2.52 bits per heavy atom.